The second-order valence-electron chi connectivity index (χ2n) is 12.7. The predicted molar refractivity (Wildman–Crippen MR) is 132 cm³/mol. The molecule has 11 atom stereocenters. The number of hydrogen-bond acceptors (Lipinski definition) is 6. The van der Waals surface area contributed by atoms with Gasteiger partial charge in [0.15, 0.2) is 0 Å². The van der Waals surface area contributed by atoms with Crippen molar-refractivity contribution in [3.05, 3.63) is 0 Å². The van der Waals surface area contributed by atoms with Crippen LogP contribution in [0.3, 0.4) is 0 Å². The Kier molecular flexibility index (Phi) is 8.15. The summed E-state index contributed by atoms with van der Waals surface area (Å²) in [4.78, 5) is 50.4. The van der Waals surface area contributed by atoms with Crippen molar-refractivity contribution in [1.29, 1.82) is 0 Å². The topological polar surface area (TPSA) is 191 Å². The van der Waals surface area contributed by atoms with Gasteiger partial charge in [-0.15, -0.1) is 0 Å². The number of carboxylic acid groups (broad SMARTS) is 1. The molecule has 0 radical (unpaired) electrons. The number of carbonyl (C=O) groups is 1. The van der Waals surface area contributed by atoms with E-state index in [9.17, 15) is 43.7 Å². The lowest BCUT2D eigenvalue weighted by atomic mass is 9.42. The molecule has 0 aliphatic heterocycles. The minimum absolute atomic E-state index is 0.0458. The fraction of sp³-hybridized carbons (Fsp3) is 0.958. The van der Waals surface area contributed by atoms with Gasteiger partial charge in [0.1, 0.15) is 0 Å². The number of phosphoric ester groups is 2. The molecule has 220 valence electrons. The zero-order chi connectivity index (χ0) is 28.5. The Morgan fingerprint density at radius 3 is 2.29 bits per heavy atom. The van der Waals surface area contributed by atoms with Gasteiger partial charge in [-0.1, -0.05) is 20.8 Å². The van der Waals surface area contributed by atoms with Gasteiger partial charge in [-0.25, -0.2) is 18.0 Å². The normalized spacial score (nSPS) is 46.1. The molecule has 0 aromatic carbocycles. The maximum atomic E-state index is 17.1. The van der Waals surface area contributed by atoms with Crippen molar-refractivity contribution in [2.24, 2.45) is 46.3 Å². The second-order valence-corrected chi connectivity index (χ2v) is 15.1. The van der Waals surface area contributed by atoms with Crippen molar-refractivity contribution in [3.63, 3.8) is 0 Å². The highest BCUT2D eigenvalue weighted by Gasteiger charge is 2.72. The van der Waals surface area contributed by atoms with E-state index in [-0.39, 0.29) is 37.5 Å². The number of fused-ring (bicyclic) bond motifs is 5. The largest absolute Gasteiger partial charge is 0.481 e. The number of aliphatic hydroxyl groups excluding tert-OH is 1. The van der Waals surface area contributed by atoms with Gasteiger partial charge in [0.2, 0.25) is 5.85 Å². The highest BCUT2D eigenvalue weighted by molar-refractivity contribution is 7.46. The third-order valence-corrected chi connectivity index (χ3v) is 11.9. The highest BCUT2D eigenvalue weighted by Crippen LogP contribution is 2.73. The van der Waals surface area contributed by atoms with Crippen molar-refractivity contribution in [1.82, 2.24) is 0 Å². The first-order chi connectivity index (χ1) is 17.3. The van der Waals surface area contributed by atoms with E-state index >= 15 is 4.39 Å². The highest BCUT2D eigenvalue weighted by atomic mass is 31.2. The lowest BCUT2D eigenvalue weighted by molar-refractivity contribution is -0.276. The van der Waals surface area contributed by atoms with Crippen LogP contribution < -0.4 is 0 Å². The maximum Gasteiger partial charge on any atom is 0.472 e. The zero-order valence-electron chi connectivity index (χ0n) is 22.0. The summed E-state index contributed by atoms with van der Waals surface area (Å²) >= 11 is 0. The number of alkyl halides is 1. The number of aliphatic carboxylic acids is 1. The summed E-state index contributed by atoms with van der Waals surface area (Å²) in [6.45, 7) is 5.63. The molecule has 4 rings (SSSR count). The van der Waals surface area contributed by atoms with Crippen LogP contribution in [0.1, 0.15) is 78.6 Å². The molecule has 0 spiro atoms. The van der Waals surface area contributed by atoms with Crippen LogP contribution in [0.4, 0.5) is 4.39 Å². The number of halogens is 1. The Hall–Kier alpha value is -0.420. The number of phosphoric acid groups is 2. The van der Waals surface area contributed by atoms with Crippen LogP contribution in [0.15, 0.2) is 0 Å². The van der Waals surface area contributed by atoms with Crippen molar-refractivity contribution >= 4 is 21.6 Å². The van der Waals surface area contributed by atoms with Gasteiger partial charge in [0.05, 0.1) is 12.2 Å². The number of carboxylic acids is 1. The quantitative estimate of drug-likeness (QED) is 0.226. The molecule has 14 heteroatoms. The lowest BCUT2D eigenvalue weighted by Crippen LogP contribution is -2.66. The number of rotatable bonds is 8. The van der Waals surface area contributed by atoms with Crippen LogP contribution in [-0.4, -0.2) is 53.8 Å². The van der Waals surface area contributed by atoms with Crippen LogP contribution in [0.25, 0.3) is 0 Å². The molecule has 0 saturated heterocycles. The summed E-state index contributed by atoms with van der Waals surface area (Å²) in [5.74, 6) is -6.74. The summed E-state index contributed by atoms with van der Waals surface area (Å²) in [7, 11) is -10.2. The molecule has 4 aliphatic carbocycles. The summed E-state index contributed by atoms with van der Waals surface area (Å²) in [6, 6.07) is 0. The lowest BCUT2D eigenvalue weighted by Gasteiger charge is -2.65. The molecule has 0 amide bonds. The molecule has 4 saturated carbocycles. The Labute approximate surface area is 222 Å². The van der Waals surface area contributed by atoms with Gasteiger partial charge in [-0.05, 0) is 80.0 Å². The molecular formula is C24H41FO11P2. The third kappa shape index (κ3) is 5.55. The Bertz CT molecular complexity index is 1020. The van der Waals surface area contributed by atoms with E-state index in [0.717, 1.165) is 0 Å². The molecule has 0 heterocycles. The van der Waals surface area contributed by atoms with E-state index in [1.54, 1.807) is 6.92 Å². The van der Waals surface area contributed by atoms with Crippen LogP contribution in [0.2, 0.25) is 0 Å². The molecule has 4 fully saturated rings. The standard InChI is InChI=1S/C24H41FO11P2/c1-13(4-7-20(27)28)16-5-6-17-21-18(11-19(23(16,17)3)35-37(29,30)31)22(2)9-8-15(26)10-14(22)12-24(21,25)36-38(32,33)34/h13-19,21,26H,4-12H2,1-3H3,(H,27,28)(H2,29,30,31)(H2,32,33,34). The van der Waals surface area contributed by atoms with Gasteiger partial charge in [-0.3, -0.25) is 9.32 Å². The van der Waals surface area contributed by atoms with Crippen LogP contribution in [-0.2, 0) is 23.0 Å². The van der Waals surface area contributed by atoms with Crippen molar-refractivity contribution < 1.29 is 57.1 Å². The van der Waals surface area contributed by atoms with Crippen molar-refractivity contribution in [2.75, 3.05) is 0 Å². The van der Waals surface area contributed by atoms with Gasteiger partial charge < -0.3 is 29.8 Å². The Morgan fingerprint density at radius 1 is 1.05 bits per heavy atom. The smallest absolute Gasteiger partial charge is 0.472 e. The van der Waals surface area contributed by atoms with Crippen LogP contribution in [0.5, 0.6) is 0 Å². The molecule has 4 aliphatic rings. The molecule has 11 nitrogen and oxygen atoms in total. The first kappa shape index (κ1) is 30.5. The molecule has 0 aromatic rings. The van der Waals surface area contributed by atoms with E-state index in [2.05, 4.69) is 0 Å². The van der Waals surface area contributed by atoms with E-state index in [1.165, 1.54) is 0 Å². The van der Waals surface area contributed by atoms with E-state index in [4.69, 9.17) is 9.05 Å². The monoisotopic (exact) mass is 586 g/mol. The molecule has 38 heavy (non-hydrogen) atoms. The first-order valence-corrected chi connectivity index (χ1v) is 16.4. The second kappa shape index (κ2) is 10.1. The van der Waals surface area contributed by atoms with E-state index in [0.29, 0.717) is 32.1 Å². The van der Waals surface area contributed by atoms with E-state index < -0.39 is 74.2 Å². The fourth-order valence-electron chi connectivity index (χ4n) is 9.23. The number of aliphatic hydroxyl groups is 1. The Morgan fingerprint density at radius 2 is 1.71 bits per heavy atom. The first-order valence-electron chi connectivity index (χ1n) is 13.4. The maximum absolute atomic E-state index is 17.1. The summed E-state index contributed by atoms with van der Waals surface area (Å²) in [5, 5.41) is 19.6. The molecule has 11 unspecified atom stereocenters. The third-order valence-electron chi connectivity index (χ3n) is 10.8. The van der Waals surface area contributed by atoms with Gasteiger partial charge in [0.25, 0.3) is 0 Å². The Balaban J connectivity index is 1.82. The average molecular weight is 587 g/mol. The molecule has 0 bridgehead atoms. The molecule has 6 N–H and O–H groups in total. The molecule has 0 aromatic heterocycles. The van der Waals surface area contributed by atoms with E-state index in [1.807, 2.05) is 13.8 Å². The summed E-state index contributed by atoms with van der Waals surface area (Å²) < 4.78 is 51.7. The van der Waals surface area contributed by atoms with Crippen LogP contribution >= 0.6 is 15.6 Å². The van der Waals surface area contributed by atoms with Crippen molar-refractivity contribution in [3.8, 4) is 0 Å². The van der Waals surface area contributed by atoms with Gasteiger partial charge >= 0.3 is 21.6 Å². The van der Waals surface area contributed by atoms with Crippen LogP contribution in [0, 0.1) is 46.3 Å². The fourth-order valence-corrected chi connectivity index (χ4v) is 10.5. The average Bonchev–Trinajstić information content (AvgIpc) is 3.09. The predicted octanol–water partition coefficient (Wildman–Crippen LogP) is 3.98. The van der Waals surface area contributed by atoms with Crippen molar-refractivity contribution in [2.45, 2.75) is 96.6 Å². The summed E-state index contributed by atoms with van der Waals surface area (Å²) in [5.41, 5.74) is -1.57. The molecular weight excluding hydrogens is 545 g/mol. The number of hydrogen-bond donors (Lipinski definition) is 6. The summed E-state index contributed by atoms with van der Waals surface area (Å²) in [6.07, 6.45) is 0.455. The van der Waals surface area contributed by atoms with Gasteiger partial charge in [-0.2, -0.15) is 0 Å². The SMILES string of the molecule is CC(CCC(=O)O)C1CCC2C3C(CC(OP(=O)(O)O)C12C)C1(C)CCC(O)CC1CC3(F)OP(=O)(O)O. The minimum Gasteiger partial charge on any atom is -0.481 e. The van der Waals surface area contributed by atoms with Gasteiger partial charge in [0, 0.05) is 24.2 Å². The zero-order valence-corrected chi connectivity index (χ0v) is 23.8. The minimum atomic E-state index is -5.27.